The molecule has 1 atom stereocenters. The third-order valence-electron chi connectivity index (χ3n) is 6.57. The summed E-state index contributed by atoms with van der Waals surface area (Å²) in [4.78, 5) is 13.5. The molecular formula is C25H23F5N6. The van der Waals surface area contributed by atoms with Crippen LogP contribution in [0.5, 0.6) is 0 Å². The maximum atomic E-state index is 15.0. The molecule has 2 aromatic carbocycles. The SMILES string of the molecule is Cc1c(F)c(-c2nn(C)c3nc(N4CCN(C)CC4c4ccccc4)ncc23)cc(C(F)(F)F)c1F. The average Bonchev–Trinajstić information content (AvgIpc) is 3.18. The van der Waals surface area contributed by atoms with Gasteiger partial charge in [0.1, 0.15) is 17.3 Å². The van der Waals surface area contributed by atoms with Gasteiger partial charge in [0.25, 0.3) is 0 Å². The standard InChI is InChI=1S/C25H23F5N6/c1-14-20(26)16(11-18(21(14)27)25(28,29)30)22-17-12-31-24(32-23(17)35(3)33-22)36-10-9-34(2)13-19(36)15-7-5-4-6-8-15/h4-8,11-12,19H,9-10,13H2,1-3H3. The van der Waals surface area contributed by atoms with Crippen molar-refractivity contribution in [3.63, 3.8) is 0 Å². The number of benzene rings is 2. The molecule has 4 aromatic rings. The molecule has 0 saturated carbocycles. The minimum absolute atomic E-state index is 0.0124. The van der Waals surface area contributed by atoms with Gasteiger partial charge in [-0.2, -0.15) is 23.3 Å². The monoisotopic (exact) mass is 502 g/mol. The van der Waals surface area contributed by atoms with Crippen molar-refractivity contribution >= 4 is 17.0 Å². The fourth-order valence-electron chi connectivity index (χ4n) is 4.64. The average molecular weight is 502 g/mol. The van der Waals surface area contributed by atoms with E-state index in [-0.39, 0.29) is 17.1 Å². The summed E-state index contributed by atoms with van der Waals surface area (Å²) >= 11 is 0. The molecule has 188 valence electrons. The van der Waals surface area contributed by atoms with Gasteiger partial charge in [0, 0.05) is 44.0 Å². The number of fused-ring (bicyclic) bond motifs is 1. The molecule has 36 heavy (non-hydrogen) atoms. The fourth-order valence-corrected chi connectivity index (χ4v) is 4.64. The number of hydrogen-bond donors (Lipinski definition) is 0. The summed E-state index contributed by atoms with van der Waals surface area (Å²) in [6, 6.07) is 10.4. The number of likely N-dealkylation sites (N-methyl/N-ethyl adjacent to an activating group) is 1. The summed E-state index contributed by atoms with van der Waals surface area (Å²) < 4.78 is 70.8. The zero-order valence-corrected chi connectivity index (χ0v) is 19.8. The lowest BCUT2D eigenvalue weighted by atomic mass is 10.0. The minimum atomic E-state index is -4.99. The van der Waals surface area contributed by atoms with Gasteiger partial charge in [-0.1, -0.05) is 30.3 Å². The summed E-state index contributed by atoms with van der Waals surface area (Å²) in [5.74, 6) is -2.30. The van der Waals surface area contributed by atoms with Gasteiger partial charge in [-0.3, -0.25) is 0 Å². The van der Waals surface area contributed by atoms with Crippen molar-refractivity contribution in [2.24, 2.45) is 7.05 Å². The third kappa shape index (κ3) is 4.06. The van der Waals surface area contributed by atoms with Crippen LogP contribution in [-0.4, -0.2) is 51.3 Å². The van der Waals surface area contributed by atoms with Gasteiger partial charge in [-0.15, -0.1) is 0 Å². The smallest absolute Gasteiger partial charge is 0.331 e. The first-order valence-corrected chi connectivity index (χ1v) is 11.3. The molecule has 1 saturated heterocycles. The van der Waals surface area contributed by atoms with Crippen LogP contribution < -0.4 is 4.90 Å². The largest absolute Gasteiger partial charge is 0.419 e. The molecule has 0 bridgehead atoms. The van der Waals surface area contributed by atoms with E-state index in [1.54, 1.807) is 7.05 Å². The number of alkyl halides is 3. The molecule has 1 fully saturated rings. The second kappa shape index (κ2) is 8.81. The Kier molecular flexibility index (Phi) is 5.90. The number of piperazine rings is 1. The van der Waals surface area contributed by atoms with Crippen LogP contribution in [0.25, 0.3) is 22.3 Å². The van der Waals surface area contributed by atoms with E-state index in [1.807, 2.05) is 37.4 Å². The topological polar surface area (TPSA) is 50.1 Å². The highest BCUT2D eigenvalue weighted by molar-refractivity contribution is 5.91. The van der Waals surface area contributed by atoms with Crippen LogP contribution in [0.15, 0.2) is 42.6 Å². The van der Waals surface area contributed by atoms with Gasteiger partial charge in [0.05, 0.1) is 17.0 Å². The van der Waals surface area contributed by atoms with Crippen molar-refractivity contribution in [1.29, 1.82) is 0 Å². The lowest BCUT2D eigenvalue weighted by Gasteiger charge is -2.40. The molecule has 0 aliphatic carbocycles. The van der Waals surface area contributed by atoms with Gasteiger partial charge >= 0.3 is 6.18 Å². The Morgan fingerprint density at radius 3 is 2.42 bits per heavy atom. The molecule has 11 heteroatoms. The Hall–Kier alpha value is -3.60. The molecule has 0 radical (unpaired) electrons. The number of hydrogen-bond acceptors (Lipinski definition) is 5. The molecule has 0 N–H and O–H groups in total. The fraction of sp³-hybridized carbons (Fsp3) is 0.320. The molecule has 1 aliphatic rings. The van der Waals surface area contributed by atoms with Crippen molar-refractivity contribution in [2.75, 3.05) is 31.6 Å². The Morgan fingerprint density at radius 1 is 1.00 bits per heavy atom. The van der Waals surface area contributed by atoms with Crippen LogP contribution in [0.1, 0.15) is 22.7 Å². The highest BCUT2D eigenvalue weighted by Gasteiger charge is 2.37. The van der Waals surface area contributed by atoms with Gasteiger partial charge in [-0.05, 0) is 25.6 Å². The number of aryl methyl sites for hydroxylation is 1. The number of halogens is 5. The Morgan fingerprint density at radius 2 is 1.72 bits per heavy atom. The first-order valence-electron chi connectivity index (χ1n) is 11.3. The molecule has 1 unspecified atom stereocenters. The first kappa shape index (κ1) is 24.1. The number of rotatable bonds is 3. The van der Waals surface area contributed by atoms with Crippen LogP contribution in [0, 0.1) is 18.6 Å². The van der Waals surface area contributed by atoms with Crippen LogP contribution >= 0.6 is 0 Å². The van der Waals surface area contributed by atoms with Gasteiger partial charge < -0.3 is 9.80 Å². The van der Waals surface area contributed by atoms with Crippen LogP contribution in [-0.2, 0) is 13.2 Å². The van der Waals surface area contributed by atoms with Crippen molar-refractivity contribution in [3.8, 4) is 11.3 Å². The van der Waals surface area contributed by atoms with E-state index < -0.39 is 34.5 Å². The Labute approximate surface area is 204 Å². The van der Waals surface area contributed by atoms with Gasteiger partial charge in [0.15, 0.2) is 5.65 Å². The van der Waals surface area contributed by atoms with E-state index in [1.165, 1.54) is 10.9 Å². The molecule has 5 rings (SSSR count). The molecule has 3 heterocycles. The van der Waals surface area contributed by atoms with E-state index in [0.29, 0.717) is 24.2 Å². The van der Waals surface area contributed by atoms with Crippen LogP contribution in [0.2, 0.25) is 0 Å². The summed E-state index contributed by atoms with van der Waals surface area (Å²) in [5.41, 5.74) is -1.37. The quantitative estimate of drug-likeness (QED) is 0.364. The number of nitrogens with zero attached hydrogens (tertiary/aromatic N) is 6. The maximum Gasteiger partial charge on any atom is 0.419 e. The molecule has 1 aliphatic heterocycles. The second-order valence-electron chi connectivity index (χ2n) is 8.98. The molecule has 0 spiro atoms. The summed E-state index contributed by atoms with van der Waals surface area (Å²) in [6.07, 6.45) is -3.55. The molecular weight excluding hydrogens is 479 g/mol. The lowest BCUT2D eigenvalue weighted by Crippen LogP contribution is -2.47. The Balaban J connectivity index is 1.62. The Bertz CT molecular complexity index is 1430. The lowest BCUT2D eigenvalue weighted by molar-refractivity contribution is -0.140. The van der Waals surface area contributed by atoms with Crippen molar-refractivity contribution < 1.29 is 22.0 Å². The predicted octanol–water partition coefficient (Wildman–Crippen LogP) is 5.13. The van der Waals surface area contributed by atoms with E-state index in [9.17, 15) is 22.0 Å². The van der Waals surface area contributed by atoms with Crippen molar-refractivity contribution in [3.05, 3.63) is 70.9 Å². The molecule has 6 nitrogen and oxygen atoms in total. The van der Waals surface area contributed by atoms with Crippen molar-refractivity contribution in [2.45, 2.75) is 19.1 Å². The third-order valence-corrected chi connectivity index (χ3v) is 6.57. The number of aromatic nitrogens is 4. The van der Waals surface area contributed by atoms with Gasteiger partial charge in [0.2, 0.25) is 5.95 Å². The van der Waals surface area contributed by atoms with E-state index in [4.69, 9.17) is 0 Å². The van der Waals surface area contributed by atoms with E-state index in [2.05, 4.69) is 24.9 Å². The molecule has 2 aromatic heterocycles. The first-order chi connectivity index (χ1) is 17.1. The van der Waals surface area contributed by atoms with Gasteiger partial charge in [-0.25, -0.2) is 18.4 Å². The zero-order valence-electron chi connectivity index (χ0n) is 19.8. The summed E-state index contributed by atoms with van der Waals surface area (Å²) in [7, 11) is 3.61. The highest BCUT2D eigenvalue weighted by atomic mass is 19.4. The molecule has 0 amide bonds. The minimum Gasteiger partial charge on any atom is -0.331 e. The van der Waals surface area contributed by atoms with Crippen LogP contribution in [0.4, 0.5) is 27.9 Å². The number of anilines is 1. The zero-order chi connectivity index (χ0) is 25.8. The van der Waals surface area contributed by atoms with E-state index in [0.717, 1.165) is 25.6 Å². The highest BCUT2D eigenvalue weighted by Crippen LogP contribution is 2.39. The van der Waals surface area contributed by atoms with Crippen molar-refractivity contribution in [1.82, 2.24) is 24.6 Å². The van der Waals surface area contributed by atoms with Crippen LogP contribution in [0.3, 0.4) is 0 Å². The normalized spacial score (nSPS) is 17.2. The second-order valence-corrected chi connectivity index (χ2v) is 8.98. The van der Waals surface area contributed by atoms with E-state index >= 15 is 0 Å². The summed E-state index contributed by atoms with van der Waals surface area (Å²) in [6.45, 7) is 3.18. The predicted molar refractivity (Wildman–Crippen MR) is 125 cm³/mol. The summed E-state index contributed by atoms with van der Waals surface area (Å²) in [5, 5.41) is 4.52. The maximum absolute atomic E-state index is 15.0.